The molecular formula is C15H23FN2OS. The van der Waals surface area contributed by atoms with Crippen LogP contribution in [0.1, 0.15) is 12.0 Å². The van der Waals surface area contributed by atoms with Crippen LogP contribution >= 0.6 is 11.8 Å². The molecule has 1 fully saturated rings. The minimum atomic E-state index is -0.134. The van der Waals surface area contributed by atoms with Crippen molar-refractivity contribution in [1.29, 1.82) is 0 Å². The van der Waals surface area contributed by atoms with Crippen LogP contribution in [-0.2, 0) is 11.3 Å². The van der Waals surface area contributed by atoms with E-state index in [0.29, 0.717) is 19.2 Å². The SMILES string of the molecule is COCCNCc1c(F)cccc1N(C)C1CCSC1. The van der Waals surface area contributed by atoms with E-state index in [4.69, 9.17) is 4.74 Å². The fourth-order valence-electron chi connectivity index (χ4n) is 2.46. The summed E-state index contributed by atoms with van der Waals surface area (Å²) < 4.78 is 19.1. The van der Waals surface area contributed by atoms with Gasteiger partial charge in [-0.3, -0.25) is 0 Å². The fraction of sp³-hybridized carbons (Fsp3) is 0.600. The van der Waals surface area contributed by atoms with Crippen LogP contribution in [0.2, 0.25) is 0 Å². The molecule has 0 saturated carbocycles. The molecule has 1 aliphatic heterocycles. The second-order valence-electron chi connectivity index (χ2n) is 5.04. The van der Waals surface area contributed by atoms with Gasteiger partial charge in [0.2, 0.25) is 0 Å². The number of hydrogen-bond acceptors (Lipinski definition) is 4. The molecule has 1 unspecified atom stereocenters. The van der Waals surface area contributed by atoms with E-state index in [-0.39, 0.29) is 5.82 Å². The molecule has 0 bridgehead atoms. The number of hydrogen-bond donors (Lipinski definition) is 1. The predicted octanol–water partition coefficient (Wildman–Crippen LogP) is 2.50. The lowest BCUT2D eigenvalue weighted by atomic mass is 10.1. The van der Waals surface area contributed by atoms with Gasteiger partial charge in [-0.05, 0) is 24.3 Å². The van der Waals surface area contributed by atoms with Crippen LogP contribution < -0.4 is 10.2 Å². The zero-order chi connectivity index (χ0) is 14.4. The van der Waals surface area contributed by atoms with E-state index >= 15 is 0 Å². The number of ether oxygens (including phenoxy) is 1. The Labute approximate surface area is 124 Å². The van der Waals surface area contributed by atoms with Gasteiger partial charge in [-0.15, -0.1) is 0 Å². The summed E-state index contributed by atoms with van der Waals surface area (Å²) in [7, 11) is 3.74. The monoisotopic (exact) mass is 298 g/mol. The van der Waals surface area contributed by atoms with E-state index in [1.54, 1.807) is 13.2 Å². The Hall–Kier alpha value is -0.780. The van der Waals surface area contributed by atoms with E-state index in [0.717, 1.165) is 23.5 Å². The minimum Gasteiger partial charge on any atom is -0.383 e. The highest BCUT2D eigenvalue weighted by atomic mass is 32.2. The highest BCUT2D eigenvalue weighted by Gasteiger charge is 2.22. The molecule has 2 rings (SSSR count). The zero-order valence-corrected chi connectivity index (χ0v) is 13.0. The second-order valence-corrected chi connectivity index (χ2v) is 6.19. The first-order chi connectivity index (χ1) is 9.74. The summed E-state index contributed by atoms with van der Waals surface area (Å²) in [5.74, 6) is 2.19. The van der Waals surface area contributed by atoms with Gasteiger partial charge in [0.05, 0.1) is 6.61 Å². The van der Waals surface area contributed by atoms with E-state index in [1.807, 2.05) is 17.8 Å². The van der Waals surface area contributed by atoms with Crippen molar-refractivity contribution in [2.75, 3.05) is 43.7 Å². The van der Waals surface area contributed by atoms with Gasteiger partial charge in [0.1, 0.15) is 5.82 Å². The first-order valence-electron chi connectivity index (χ1n) is 7.01. The molecule has 0 amide bonds. The molecule has 20 heavy (non-hydrogen) atoms. The van der Waals surface area contributed by atoms with Crippen molar-refractivity contribution in [2.45, 2.75) is 19.0 Å². The first-order valence-corrected chi connectivity index (χ1v) is 8.17. The normalized spacial score (nSPS) is 18.4. The molecule has 1 aromatic rings. The molecule has 1 heterocycles. The summed E-state index contributed by atoms with van der Waals surface area (Å²) >= 11 is 1.97. The van der Waals surface area contributed by atoms with Crippen LogP contribution in [0.4, 0.5) is 10.1 Å². The Balaban J connectivity index is 2.08. The van der Waals surface area contributed by atoms with Crippen molar-refractivity contribution in [1.82, 2.24) is 5.32 Å². The van der Waals surface area contributed by atoms with Gasteiger partial charge in [-0.25, -0.2) is 4.39 Å². The Bertz CT molecular complexity index is 424. The van der Waals surface area contributed by atoms with Crippen molar-refractivity contribution in [3.63, 3.8) is 0 Å². The van der Waals surface area contributed by atoms with E-state index in [9.17, 15) is 4.39 Å². The quantitative estimate of drug-likeness (QED) is 0.782. The van der Waals surface area contributed by atoms with Crippen LogP contribution in [0.5, 0.6) is 0 Å². The van der Waals surface area contributed by atoms with Gasteiger partial charge in [-0.2, -0.15) is 11.8 Å². The summed E-state index contributed by atoms with van der Waals surface area (Å²) in [6.45, 7) is 1.90. The van der Waals surface area contributed by atoms with Crippen molar-refractivity contribution >= 4 is 17.4 Å². The number of methoxy groups -OCH3 is 1. The molecule has 1 atom stereocenters. The first kappa shape index (κ1) is 15.6. The smallest absolute Gasteiger partial charge is 0.129 e. The number of thioether (sulfide) groups is 1. The number of rotatable bonds is 7. The average Bonchev–Trinajstić information content (AvgIpc) is 2.98. The van der Waals surface area contributed by atoms with Crippen LogP contribution in [0.15, 0.2) is 18.2 Å². The summed E-state index contributed by atoms with van der Waals surface area (Å²) in [4.78, 5) is 2.23. The maximum Gasteiger partial charge on any atom is 0.129 e. The number of benzene rings is 1. The Morgan fingerprint density at radius 2 is 2.35 bits per heavy atom. The highest BCUT2D eigenvalue weighted by molar-refractivity contribution is 7.99. The second kappa shape index (κ2) is 7.86. The van der Waals surface area contributed by atoms with Gasteiger partial charge < -0.3 is 15.0 Å². The summed E-state index contributed by atoms with van der Waals surface area (Å²) in [6.07, 6.45) is 1.17. The van der Waals surface area contributed by atoms with E-state index < -0.39 is 0 Å². The van der Waals surface area contributed by atoms with Crippen molar-refractivity contribution in [3.05, 3.63) is 29.6 Å². The number of nitrogens with zero attached hydrogens (tertiary/aromatic N) is 1. The number of halogens is 1. The molecule has 1 N–H and O–H groups in total. The molecule has 112 valence electrons. The molecular weight excluding hydrogens is 275 g/mol. The van der Waals surface area contributed by atoms with Crippen LogP contribution in [0.3, 0.4) is 0 Å². The fourth-order valence-corrected chi connectivity index (χ4v) is 3.73. The third kappa shape index (κ3) is 3.87. The third-order valence-corrected chi connectivity index (χ3v) is 4.86. The summed E-state index contributed by atoms with van der Waals surface area (Å²) in [5.41, 5.74) is 1.76. The van der Waals surface area contributed by atoms with Crippen molar-refractivity contribution < 1.29 is 9.13 Å². The lowest BCUT2D eigenvalue weighted by molar-refractivity contribution is 0.199. The predicted molar refractivity (Wildman–Crippen MR) is 84.1 cm³/mol. The maximum absolute atomic E-state index is 14.1. The maximum atomic E-state index is 14.1. The molecule has 0 aliphatic carbocycles. The van der Waals surface area contributed by atoms with Crippen molar-refractivity contribution in [3.8, 4) is 0 Å². The summed E-state index contributed by atoms with van der Waals surface area (Å²) in [6, 6.07) is 5.86. The summed E-state index contributed by atoms with van der Waals surface area (Å²) in [5, 5.41) is 3.23. The van der Waals surface area contributed by atoms with E-state index in [1.165, 1.54) is 18.2 Å². The van der Waals surface area contributed by atoms with Gasteiger partial charge >= 0.3 is 0 Å². The van der Waals surface area contributed by atoms with Crippen LogP contribution in [-0.4, -0.2) is 44.9 Å². The Kier molecular flexibility index (Phi) is 6.13. The Morgan fingerprint density at radius 3 is 3.05 bits per heavy atom. The van der Waals surface area contributed by atoms with Gasteiger partial charge in [0.15, 0.2) is 0 Å². The standard InChI is InChI=1S/C15H23FN2OS/c1-18(12-6-9-20-11-12)15-5-3-4-14(16)13(15)10-17-7-8-19-2/h3-5,12,17H,6-11H2,1-2H3. The molecule has 0 spiro atoms. The molecule has 1 saturated heterocycles. The molecule has 1 aliphatic rings. The Morgan fingerprint density at radius 1 is 1.50 bits per heavy atom. The molecule has 0 aromatic heterocycles. The number of anilines is 1. The largest absolute Gasteiger partial charge is 0.383 e. The molecule has 0 radical (unpaired) electrons. The van der Waals surface area contributed by atoms with Crippen LogP contribution in [0.25, 0.3) is 0 Å². The van der Waals surface area contributed by atoms with Crippen LogP contribution in [0, 0.1) is 5.82 Å². The van der Waals surface area contributed by atoms with E-state index in [2.05, 4.69) is 17.3 Å². The van der Waals surface area contributed by atoms with Gasteiger partial charge in [-0.1, -0.05) is 6.07 Å². The van der Waals surface area contributed by atoms with Gasteiger partial charge in [0.25, 0.3) is 0 Å². The topological polar surface area (TPSA) is 24.5 Å². The highest BCUT2D eigenvalue weighted by Crippen LogP contribution is 2.29. The zero-order valence-electron chi connectivity index (χ0n) is 12.2. The third-order valence-electron chi connectivity index (χ3n) is 3.71. The molecule has 1 aromatic carbocycles. The number of nitrogens with one attached hydrogen (secondary N) is 1. The van der Waals surface area contributed by atoms with Gasteiger partial charge in [0, 0.05) is 50.3 Å². The molecule has 5 heteroatoms. The lowest BCUT2D eigenvalue weighted by Gasteiger charge is -2.28. The van der Waals surface area contributed by atoms with Crippen molar-refractivity contribution in [2.24, 2.45) is 0 Å². The lowest BCUT2D eigenvalue weighted by Crippen LogP contribution is -2.33. The molecule has 3 nitrogen and oxygen atoms in total. The minimum absolute atomic E-state index is 0.134. The average molecular weight is 298 g/mol.